The lowest BCUT2D eigenvalue weighted by atomic mass is 10.0. The normalized spacial score (nSPS) is 10.6. The van der Waals surface area contributed by atoms with E-state index in [9.17, 15) is 8.78 Å². The SMILES string of the molecule is COc1c(C(C)C)ccc(F)c1F. The Labute approximate surface area is 76.3 Å². The molecule has 0 unspecified atom stereocenters. The van der Waals surface area contributed by atoms with E-state index in [-0.39, 0.29) is 11.7 Å². The van der Waals surface area contributed by atoms with Crippen LogP contribution in [0.2, 0.25) is 0 Å². The quantitative estimate of drug-likeness (QED) is 0.689. The van der Waals surface area contributed by atoms with Gasteiger partial charge in [-0.05, 0) is 17.5 Å². The van der Waals surface area contributed by atoms with E-state index in [4.69, 9.17) is 4.74 Å². The summed E-state index contributed by atoms with van der Waals surface area (Å²) in [5.41, 5.74) is 0.682. The van der Waals surface area contributed by atoms with Gasteiger partial charge in [-0.15, -0.1) is 0 Å². The zero-order valence-corrected chi connectivity index (χ0v) is 7.90. The lowest BCUT2D eigenvalue weighted by molar-refractivity contribution is 0.365. The first-order valence-electron chi connectivity index (χ1n) is 4.09. The van der Waals surface area contributed by atoms with Crippen LogP contribution < -0.4 is 4.74 Å². The standard InChI is InChI=1S/C10H12F2O/c1-6(2)7-4-5-8(11)9(12)10(7)13-3/h4-6H,1-3H3. The molecule has 0 fully saturated rings. The van der Waals surface area contributed by atoms with E-state index in [1.807, 2.05) is 13.8 Å². The molecule has 0 aliphatic rings. The van der Waals surface area contributed by atoms with Crippen molar-refractivity contribution >= 4 is 0 Å². The third kappa shape index (κ3) is 1.79. The molecule has 72 valence electrons. The maximum Gasteiger partial charge on any atom is 0.200 e. The third-order valence-corrected chi connectivity index (χ3v) is 1.91. The van der Waals surface area contributed by atoms with Crippen molar-refractivity contribution in [3.63, 3.8) is 0 Å². The fraction of sp³-hybridized carbons (Fsp3) is 0.400. The summed E-state index contributed by atoms with van der Waals surface area (Å²) < 4.78 is 30.7. The average Bonchev–Trinajstić information content (AvgIpc) is 2.09. The van der Waals surface area contributed by atoms with Gasteiger partial charge in [-0.1, -0.05) is 19.9 Å². The van der Waals surface area contributed by atoms with E-state index in [1.54, 1.807) is 6.07 Å². The number of hydrogen-bond acceptors (Lipinski definition) is 1. The lowest BCUT2D eigenvalue weighted by Crippen LogP contribution is -1.99. The van der Waals surface area contributed by atoms with E-state index in [2.05, 4.69) is 0 Å². The van der Waals surface area contributed by atoms with E-state index < -0.39 is 11.6 Å². The molecule has 13 heavy (non-hydrogen) atoms. The van der Waals surface area contributed by atoms with Crippen LogP contribution in [0.15, 0.2) is 12.1 Å². The first-order chi connectivity index (χ1) is 6.07. The van der Waals surface area contributed by atoms with Crippen LogP contribution in [0.25, 0.3) is 0 Å². The Kier molecular flexibility index (Phi) is 2.86. The van der Waals surface area contributed by atoms with Crippen molar-refractivity contribution in [1.29, 1.82) is 0 Å². The highest BCUT2D eigenvalue weighted by molar-refractivity contribution is 5.37. The predicted octanol–water partition coefficient (Wildman–Crippen LogP) is 3.10. The third-order valence-electron chi connectivity index (χ3n) is 1.91. The number of hydrogen-bond donors (Lipinski definition) is 0. The Morgan fingerprint density at radius 2 is 1.85 bits per heavy atom. The van der Waals surface area contributed by atoms with E-state index >= 15 is 0 Å². The second-order valence-corrected chi connectivity index (χ2v) is 3.14. The largest absolute Gasteiger partial charge is 0.493 e. The van der Waals surface area contributed by atoms with Crippen molar-refractivity contribution in [3.8, 4) is 5.75 Å². The highest BCUT2D eigenvalue weighted by Crippen LogP contribution is 2.30. The van der Waals surface area contributed by atoms with Crippen LogP contribution in [0.4, 0.5) is 8.78 Å². The minimum absolute atomic E-state index is 0.00926. The Morgan fingerprint density at radius 3 is 2.31 bits per heavy atom. The molecule has 1 aromatic rings. The minimum Gasteiger partial charge on any atom is -0.493 e. The zero-order chi connectivity index (χ0) is 10.0. The van der Waals surface area contributed by atoms with Crippen molar-refractivity contribution < 1.29 is 13.5 Å². The molecule has 0 saturated heterocycles. The molecule has 0 aromatic heterocycles. The van der Waals surface area contributed by atoms with E-state index in [0.29, 0.717) is 5.56 Å². The van der Waals surface area contributed by atoms with Gasteiger partial charge in [-0.2, -0.15) is 4.39 Å². The summed E-state index contributed by atoms with van der Waals surface area (Å²) in [7, 11) is 1.34. The molecule has 0 spiro atoms. The van der Waals surface area contributed by atoms with Gasteiger partial charge >= 0.3 is 0 Å². The summed E-state index contributed by atoms with van der Waals surface area (Å²) in [6.07, 6.45) is 0. The number of halogens is 2. The molecule has 0 aliphatic carbocycles. The number of ether oxygens (including phenoxy) is 1. The van der Waals surface area contributed by atoms with E-state index in [0.717, 1.165) is 6.07 Å². The Bertz CT molecular complexity index is 308. The van der Waals surface area contributed by atoms with Gasteiger partial charge in [0.25, 0.3) is 0 Å². The fourth-order valence-electron chi connectivity index (χ4n) is 1.21. The molecular weight excluding hydrogens is 174 g/mol. The van der Waals surface area contributed by atoms with Gasteiger partial charge < -0.3 is 4.74 Å². The summed E-state index contributed by atoms with van der Waals surface area (Å²) in [6.45, 7) is 3.80. The van der Waals surface area contributed by atoms with Crippen molar-refractivity contribution in [2.24, 2.45) is 0 Å². The average molecular weight is 186 g/mol. The minimum atomic E-state index is -0.909. The van der Waals surface area contributed by atoms with Gasteiger partial charge in [0, 0.05) is 0 Å². The number of benzene rings is 1. The van der Waals surface area contributed by atoms with Crippen LogP contribution in [-0.2, 0) is 0 Å². The van der Waals surface area contributed by atoms with Crippen LogP contribution in [-0.4, -0.2) is 7.11 Å². The van der Waals surface area contributed by atoms with Crippen LogP contribution in [0, 0.1) is 11.6 Å². The first-order valence-corrected chi connectivity index (χ1v) is 4.09. The predicted molar refractivity (Wildman–Crippen MR) is 47.0 cm³/mol. The van der Waals surface area contributed by atoms with Crippen molar-refractivity contribution in [2.75, 3.05) is 7.11 Å². The van der Waals surface area contributed by atoms with Gasteiger partial charge in [-0.25, -0.2) is 4.39 Å². The van der Waals surface area contributed by atoms with Gasteiger partial charge in [0.15, 0.2) is 11.6 Å². The molecule has 1 aromatic carbocycles. The molecule has 0 saturated carbocycles. The van der Waals surface area contributed by atoms with Gasteiger partial charge in [0.2, 0.25) is 5.82 Å². The monoisotopic (exact) mass is 186 g/mol. The molecule has 0 atom stereocenters. The first kappa shape index (κ1) is 9.96. The Hall–Kier alpha value is -1.12. The van der Waals surface area contributed by atoms with Gasteiger partial charge in [-0.3, -0.25) is 0 Å². The van der Waals surface area contributed by atoms with E-state index in [1.165, 1.54) is 7.11 Å². The molecule has 0 aliphatic heterocycles. The van der Waals surface area contributed by atoms with Crippen molar-refractivity contribution in [3.05, 3.63) is 29.3 Å². The second-order valence-electron chi connectivity index (χ2n) is 3.14. The lowest BCUT2D eigenvalue weighted by Gasteiger charge is -2.12. The molecule has 3 heteroatoms. The molecule has 0 amide bonds. The highest BCUT2D eigenvalue weighted by Gasteiger charge is 2.15. The molecular formula is C10H12F2O. The molecule has 0 bridgehead atoms. The van der Waals surface area contributed by atoms with Gasteiger partial charge in [0.05, 0.1) is 7.11 Å². The van der Waals surface area contributed by atoms with Crippen LogP contribution in [0.3, 0.4) is 0 Å². The van der Waals surface area contributed by atoms with Crippen LogP contribution in [0.5, 0.6) is 5.75 Å². The molecule has 0 radical (unpaired) electrons. The van der Waals surface area contributed by atoms with Crippen LogP contribution in [0.1, 0.15) is 25.3 Å². The maximum atomic E-state index is 13.1. The summed E-state index contributed by atoms with van der Waals surface area (Å²) in [6, 6.07) is 2.66. The maximum absolute atomic E-state index is 13.1. The molecule has 1 nitrogen and oxygen atoms in total. The topological polar surface area (TPSA) is 9.23 Å². The number of methoxy groups -OCH3 is 1. The molecule has 1 rings (SSSR count). The van der Waals surface area contributed by atoms with Crippen molar-refractivity contribution in [1.82, 2.24) is 0 Å². The second kappa shape index (κ2) is 3.73. The number of rotatable bonds is 2. The Balaban J connectivity index is 3.30. The smallest absolute Gasteiger partial charge is 0.200 e. The Morgan fingerprint density at radius 1 is 1.23 bits per heavy atom. The molecule has 0 heterocycles. The summed E-state index contributed by atoms with van der Waals surface area (Å²) >= 11 is 0. The van der Waals surface area contributed by atoms with Crippen LogP contribution >= 0.6 is 0 Å². The molecule has 0 N–H and O–H groups in total. The summed E-state index contributed by atoms with van der Waals surface area (Å²) in [5, 5.41) is 0. The summed E-state index contributed by atoms with van der Waals surface area (Å²) in [5.74, 6) is -1.66. The zero-order valence-electron chi connectivity index (χ0n) is 7.90. The summed E-state index contributed by atoms with van der Waals surface area (Å²) in [4.78, 5) is 0. The van der Waals surface area contributed by atoms with Crippen molar-refractivity contribution in [2.45, 2.75) is 19.8 Å². The van der Waals surface area contributed by atoms with Gasteiger partial charge in [0.1, 0.15) is 0 Å². The highest BCUT2D eigenvalue weighted by atomic mass is 19.2. The fourth-order valence-corrected chi connectivity index (χ4v) is 1.21.